The van der Waals surface area contributed by atoms with Gasteiger partial charge in [-0.1, -0.05) is 58.8 Å². The number of carbonyl (C=O) groups is 1. The quantitative estimate of drug-likeness (QED) is 0.315. The van der Waals surface area contributed by atoms with Gasteiger partial charge in [0.05, 0.1) is 12.2 Å². The third-order valence-electron chi connectivity index (χ3n) is 12.0. The summed E-state index contributed by atoms with van der Waals surface area (Å²) in [4.78, 5) is 11.2. The van der Waals surface area contributed by atoms with Crippen LogP contribution in [0.4, 0.5) is 0 Å². The molecule has 2 fully saturated rings. The van der Waals surface area contributed by atoms with E-state index in [0.717, 1.165) is 32.1 Å². The second-order valence-corrected chi connectivity index (χ2v) is 13.6. The Hall–Kier alpha value is -1.13. The predicted molar refractivity (Wildman–Crippen MR) is 136 cm³/mol. The number of hydrogen-bond donors (Lipinski definition) is 3. The smallest absolute Gasteiger partial charge is 0.330 e. The van der Waals surface area contributed by atoms with Crippen LogP contribution < -0.4 is 0 Å². The highest BCUT2D eigenvalue weighted by Gasteiger charge is 2.63. The first-order chi connectivity index (χ1) is 15.7. The number of aliphatic hydroxyl groups excluding tert-OH is 2. The van der Waals surface area contributed by atoms with E-state index in [1.807, 2.05) is 0 Å². The van der Waals surface area contributed by atoms with Crippen molar-refractivity contribution in [3.63, 3.8) is 0 Å². The van der Waals surface area contributed by atoms with Gasteiger partial charge in [-0.3, -0.25) is 0 Å². The second-order valence-electron chi connectivity index (χ2n) is 13.6. The Morgan fingerprint density at radius 3 is 2.35 bits per heavy atom. The van der Waals surface area contributed by atoms with Gasteiger partial charge >= 0.3 is 5.97 Å². The van der Waals surface area contributed by atoms with Crippen LogP contribution in [0.3, 0.4) is 0 Å². The summed E-state index contributed by atoms with van der Waals surface area (Å²) in [6, 6.07) is 0. The van der Waals surface area contributed by atoms with Gasteiger partial charge in [-0.15, -0.1) is 0 Å². The average molecular weight is 473 g/mol. The average Bonchev–Trinajstić information content (AvgIpc) is 3.05. The standard InChI is InChI=1S/C30H48O4/c1-18(26(33)34)8-10-23(31)19(2)20-12-16-30(7)22-9-11-24-27(3,4)25(32)14-15-28(24,5)21(22)13-17-29(20,30)6/h8,19-20,23-25,31-32H,9-17H2,1-7H3,(H,33,34)/b18-8+/t19-,20+,23+,24?,25-,28+,29+,30-/m0/s1. The van der Waals surface area contributed by atoms with E-state index in [0.29, 0.717) is 23.8 Å². The third kappa shape index (κ3) is 3.57. The van der Waals surface area contributed by atoms with Gasteiger partial charge in [0.2, 0.25) is 0 Å². The summed E-state index contributed by atoms with van der Waals surface area (Å²) in [7, 11) is 0. The van der Waals surface area contributed by atoms with Crippen LogP contribution in [0.25, 0.3) is 0 Å². The van der Waals surface area contributed by atoms with Gasteiger partial charge in [-0.05, 0) is 104 Å². The lowest BCUT2D eigenvalue weighted by atomic mass is 9.43. The lowest BCUT2D eigenvalue weighted by molar-refractivity contribution is -0.132. The van der Waals surface area contributed by atoms with Crippen molar-refractivity contribution in [2.24, 2.45) is 39.4 Å². The summed E-state index contributed by atoms with van der Waals surface area (Å²) >= 11 is 0. The molecule has 0 saturated heterocycles. The second kappa shape index (κ2) is 8.47. The maximum atomic E-state index is 11.2. The molecule has 4 rings (SSSR count). The summed E-state index contributed by atoms with van der Waals surface area (Å²) in [5.41, 5.74) is 4.24. The van der Waals surface area contributed by atoms with Crippen molar-refractivity contribution >= 4 is 5.97 Å². The molecule has 3 N–H and O–H groups in total. The normalized spacial score (nSPS) is 43.6. The number of hydrogen-bond acceptors (Lipinski definition) is 3. The van der Waals surface area contributed by atoms with E-state index in [9.17, 15) is 15.0 Å². The largest absolute Gasteiger partial charge is 0.478 e. The molecule has 2 saturated carbocycles. The molecule has 192 valence electrons. The van der Waals surface area contributed by atoms with Crippen molar-refractivity contribution in [2.45, 2.75) is 118 Å². The number of aliphatic carboxylic acids is 1. The molecule has 4 nitrogen and oxygen atoms in total. The number of fused-ring (bicyclic) bond motifs is 4. The molecule has 0 spiro atoms. The van der Waals surface area contributed by atoms with Gasteiger partial charge < -0.3 is 15.3 Å². The number of allylic oxidation sites excluding steroid dienone is 2. The number of carboxylic acids is 1. The first-order valence-electron chi connectivity index (χ1n) is 13.7. The lowest BCUT2D eigenvalue weighted by Gasteiger charge is -2.62. The lowest BCUT2D eigenvalue weighted by Crippen LogP contribution is -2.55. The maximum Gasteiger partial charge on any atom is 0.330 e. The highest BCUT2D eigenvalue weighted by molar-refractivity contribution is 5.85. The molecule has 8 atom stereocenters. The van der Waals surface area contributed by atoms with Gasteiger partial charge in [-0.25, -0.2) is 4.79 Å². The molecule has 0 amide bonds. The fraction of sp³-hybridized carbons (Fsp3) is 0.833. The summed E-state index contributed by atoms with van der Waals surface area (Å²) in [5.74, 6) is 0.213. The third-order valence-corrected chi connectivity index (χ3v) is 12.0. The fourth-order valence-corrected chi connectivity index (χ4v) is 9.43. The Balaban J connectivity index is 1.63. The molecule has 0 aliphatic heterocycles. The van der Waals surface area contributed by atoms with E-state index in [4.69, 9.17) is 5.11 Å². The first-order valence-corrected chi connectivity index (χ1v) is 13.7. The molecule has 0 aromatic heterocycles. The first kappa shape index (κ1) is 25.9. The zero-order chi connectivity index (χ0) is 25.3. The Bertz CT molecular complexity index is 899. The van der Waals surface area contributed by atoms with Gasteiger partial charge in [0.15, 0.2) is 0 Å². The van der Waals surface area contributed by atoms with Gasteiger partial charge in [0.1, 0.15) is 0 Å². The van der Waals surface area contributed by atoms with Crippen LogP contribution in [-0.4, -0.2) is 33.5 Å². The van der Waals surface area contributed by atoms with Gasteiger partial charge in [0.25, 0.3) is 0 Å². The van der Waals surface area contributed by atoms with Crippen molar-refractivity contribution in [1.82, 2.24) is 0 Å². The van der Waals surface area contributed by atoms with Crippen LogP contribution in [0.2, 0.25) is 0 Å². The number of carboxylic acid groups (broad SMARTS) is 1. The minimum Gasteiger partial charge on any atom is -0.478 e. The fourth-order valence-electron chi connectivity index (χ4n) is 9.43. The maximum absolute atomic E-state index is 11.2. The van der Waals surface area contributed by atoms with Crippen molar-refractivity contribution in [1.29, 1.82) is 0 Å². The highest BCUT2D eigenvalue weighted by atomic mass is 16.4. The van der Waals surface area contributed by atoms with E-state index in [1.54, 1.807) is 24.1 Å². The van der Waals surface area contributed by atoms with E-state index in [-0.39, 0.29) is 33.7 Å². The highest BCUT2D eigenvalue weighted by Crippen LogP contribution is 2.72. The zero-order valence-corrected chi connectivity index (χ0v) is 22.6. The Kier molecular flexibility index (Phi) is 6.47. The molecule has 4 aliphatic carbocycles. The molecule has 0 aromatic carbocycles. The Morgan fingerprint density at radius 1 is 1.03 bits per heavy atom. The van der Waals surface area contributed by atoms with Crippen LogP contribution >= 0.6 is 0 Å². The van der Waals surface area contributed by atoms with Crippen LogP contribution in [-0.2, 0) is 4.79 Å². The van der Waals surface area contributed by atoms with E-state index in [2.05, 4.69) is 41.5 Å². The van der Waals surface area contributed by atoms with Crippen LogP contribution in [0.5, 0.6) is 0 Å². The molecule has 4 heteroatoms. The summed E-state index contributed by atoms with van der Waals surface area (Å²) < 4.78 is 0. The van der Waals surface area contributed by atoms with E-state index in [1.165, 1.54) is 19.3 Å². The van der Waals surface area contributed by atoms with Crippen LogP contribution in [0.15, 0.2) is 22.8 Å². The predicted octanol–water partition coefficient (Wildman–Crippen LogP) is 6.51. The van der Waals surface area contributed by atoms with Crippen LogP contribution in [0, 0.1) is 39.4 Å². The van der Waals surface area contributed by atoms with E-state index < -0.39 is 12.1 Å². The number of rotatable bonds is 5. The molecule has 0 radical (unpaired) electrons. The van der Waals surface area contributed by atoms with Crippen molar-refractivity contribution in [3.8, 4) is 0 Å². The molecule has 34 heavy (non-hydrogen) atoms. The Labute approximate surface area is 206 Å². The van der Waals surface area contributed by atoms with Crippen molar-refractivity contribution in [3.05, 3.63) is 22.8 Å². The summed E-state index contributed by atoms with van der Waals surface area (Å²) in [6.07, 6.45) is 10.3. The van der Waals surface area contributed by atoms with Gasteiger partial charge in [0, 0.05) is 5.57 Å². The van der Waals surface area contributed by atoms with Gasteiger partial charge in [-0.2, -0.15) is 0 Å². The summed E-state index contributed by atoms with van der Waals surface area (Å²) in [5, 5.41) is 31.0. The Morgan fingerprint density at radius 2 is 1.71 bits per heavy atom. The molecule has 0 bridgehead atoms. The topological polar surface area (TPSA) is 77.8 Å². The number of aliphatic hydroxyl groups is 2. The summed E-state index contributed by atoms with van der Waals surface area (Å²) in [6.45, 7) is 15.9. The van der Waals surface area contributed by atoms with E-state index >= 15 is 0 Å². The molecule has 0 heterocycles. The minimum absolute atomic E-state index is 0.0361. The van der Waals surface area contributed by atoms with Crippen LogP contribution in [0.1, 0.15) is 106 Å². The molecular weight excluding hydrogens is 424 g/mol. The monoisotopic (exact) mass is 472 g/mol. The molecular formula is C30H48O4. The molecule has 4 aliphatic rings. The molecule has 0 aromatic rings. The van der Waals surface area contributed by atoms with Crippen molar-refractivity contribution in [2.75, 3.05) is 0 Å². The minimum atomic E-state index is -0.908. The van der Waals surface area contributed by atoms with Crippen molar-refractivity contribution < 1.29 is 20.1 Å². The SMILES string of the molecule is C/C(=C\C[C@@H](O)[C@@H](C)[C@H]1CC[C@@]2(C)C3=C(CC[C@]12C)[C@@]1(C)CC[C@H](O)C(C)(C)C1CC3)C(=O)O. The molecule has 1 unspecified atom stereocenters. The zero-order valence-electron chi connectivity index (χ0n) is 22.6.